The van der Waals surface area contributed by atoms with Gasteiger partial charge in [0.15, 0.2) is 0 Å². The number of hydrazone groups is 2. The van der Waals surface area contributed by atoms with E-state index in [-0.39, 0.29) is 43.4 Å². The van der Waals surface area contributed by atoms with Crippen LogP contribution in [0, 0.1) is 6.92 Å². The predicted octanol–water partition coefficient (Wildman–Crippen LogP) is -3.96. The van der Waals surface area contributed by atoms with E-state index >= 15 is 0 Å². The van der Waals surface area contributed by atoms with Crippen molar-refractivity contribution < 1.29 is 43.4 Å². The molecule has 10 heteroatoms. The van der Waals surface area contributed by atoms with Crippen LogP contribution in [0.25, 0.3) is 0 Å². The molecule has 0 bridgehead atoms. The van der Waals surface area contributed by atoms with Gasteiger partial charge in [-0.1, -0.05) is 0 Å². The van der Waals surface area contributed by atoms with E-state index in [9.17, 15) is 0 Å². The first-order valence-corrected chi connectivity index (χ1v) is 9.21. The zero-order valence-corrected chi connectivity index (χ0v) is 19.7. The summed E-state index contributed by atoms with van der Waals surface area (Å²) in [5.74, 6) is 0. The third kappa shape index (κ3) is 7.89. The van der Waals surface area contributed by atoms with Gasteiger partial charge in [-0.15, -0.1) is 0 Å². The quantitative estimate of drug-likeness (QED) is 0.332. The van der Waals surface area contributed by atoms with E-state index in [1.807, 2.05) is 13.8 Å². The van der Waals surface area contributed by atoms with Crippen LogP contribution in [-0.4, -0.2) is 52.6 Å². The first kappa shape index (κ1) is 27.2. The number of nitrogens with zero attached hydrogens (tertiary/aromatic N) is 5. The summed E-state index contributed by atoms with van der Waals surface area (Å²) in [7, 11) is 0. The minimum Gasteiger partial charge on any atom is -1.00 e. The van der Waals surface area contributed by atoms with Crippen molar-refractivity contribution in [2.45, 2.75) is 46.5 Å². The molecule has 0 amide bonds. The van der Waals surface area contributed by atoms with E-state index in [1.54, 1.807) is 0 Å². The zero-order valence-electron chi connectivity index (χ0n) is 16.8. The maximum absolute atomic E-state index is 4.75. The monoisotopic (exact) mass is 464 g/mol. The molecular formula is C18H29Cl2N7V. The molecule has 0 atom stereocenters. The molecule has 7 nitrogen and oxygen atoms in total. The van der Waals surface area contributed by atoms with Gasteiger partial charge in [-0.2, -0.15) is 10.2 Å². The molecule has 28 heavy (non-hydrogen) atoms. The molecule has 2 aliphatic rings. The number of aryl methyl sites for hydroxylation is 1. The Morgan fingerprint density at radius 1 is 0.821 bits per heavy atom. The van der Waals surface area contributed by atoms with Crippen LogP contribution < -0.4 is 35.9 Å². The first-order valence-electron chi connectivity index (χ1n) is 9.21. The van der Waals surface area contributed by atoms with Crippen LogP contribution in [0.2, 0.25) is 0 Å². The largest absolute Gasteiger partial charge is 2.00 e. The fraction of sp³-hybridized carbons (Fsp3) is 0.611. The van der Waals surface area contributed by atoms with E-state index in [0.29, 0.717) is 0 Å². The molecule has 2 fully saturated rings. The zero-order chi connectivity index (χ0) is 17.6. The Morgan fingerprint density at radius 3 is 1.54 bits per heavy atom. The number of hydrazine groups is 2. The summed E-state index contributed by atoms with van der Waals surface area (Å²) in [4.78, 5) is 4.75. The average molecular weight is 465 g/mol. The second-order valence-corrected chi connectivity index (χ2v) is 6.90. The van der Waals surface area contributed by atoms with Crippen molar-refractivity contribution in [1.82, 2.24) is 26.1 Å². The summed E-state index contributed by atoms with van der Waals surface area (Å²) in [5.41, 5.74) is 11.0. The van der Waals surface area contributed by atoms with Crippen LogP contribution in [0.5, 0.6) is 0 Å². The molecule has 1 aromatic heterocycles. The number of hydrogen-bond acceptors (Lipinski definition) is 7. The Hall–Kier alpha value is -0.826. The molecule has 2 aliphatic heterocycles. The van der Waals surface area contributed by atoms with Gasteiger partial charge in [0, 0.05) is 26.2 Å². The normalized spacial score (nSPS) is 18.1. The summed E-state index contributed by atoms with van der Waals surface area (Å²) < 4.78 is 0. The van der Waals surface area contributed by atoms with Crippen molar-refractivity contribution in [3.05, 3.63) is 29.1 Å². The number of aromatic nitrogens is 1. The van der Waals surface area contributed by atoms with Gasteiger partial charge in [0.25, 0.3) is 0 Å². The molecule has 0 spiro atoms. The maximum atomic E-state index is 4.75. The Morgan fingerprint density at radius 2 is 1.18 bits per heavy atom. The molecule has 2 saturated heterocycles. The van der Waals surface area contributed by atoms with E-state index in [4.69, 9.17) is 4.98 Å². The van der Waals surface area contributed by atoms with Crippen LogP contribution in [0.3, 0.4) is 0 Å². The summed E-state index contributed by atoms with van der Waals surface area (Å²) >= 11 is 0. The van der Waals surface area contributed by atoms with Gasteiger partial charge in [-0.3, -0.25) is 0 Å². The molecule has 0 unspecified atom stereocenters. The summed E-state index contributed by atoms with van der Waals surface area (Å²) in [5, 5.41) is 13.3. The molecule has 2 N–H and O–H groups in total. The number of nitrogens with one attached hydrogen (secondary N) is 2. The predicted molar refractivity (Wildman–Crippen MR) is 101 cm³/mol. The van der Waals surface area contributed by atoms with E-state index in [2.05, 4.69) is 50.3 Å². The van der Waals surface area contributed by atoms with Crippen molar-refractivity contribution in [2.75, 3.05) is 26.2 Å². The van der Waals surface area contributed by atoms with Crippen LogP contribution in [0.1, 0.15) is 56.5 Å². The van der Waals surface area contributed by atoms with Crippen molar-refractivity contribution >= 4 is 11.4 Å². The molecule has 155 valence electrons. The summed E-state index contributed by atoms with van der Waals surface area (Å²) in [6, 6.07) is 4.13. The van der Waals surface area contributed by atoms with Gasteiger partial charge in [0.05, 0.1) is 22.8 Å². The number of rotatable bonds is 6. The molecule has 1 aromatic rings. The van der Waals surface area contributed by atoms with Gasteiger partial charge in [0.1, 0.15) is 0 Å². The average Bonchev–Trinajstić information content (AvgIpc) is 3.30. The SMILES string of the molecule is CC(=NNN1CCCC1)c1cc(C)cc(C(C)=NNN2CCCC2)n1.[Cl-].[Cl-].[V+2]. The van der Waals surface area contributed by atoms with Gasteiger partial charge >= 0.3 is 18.6 Å². The number of halogens is 2. The van der Waals surface area contributed by atoms with Crippen molar-refractivity contribution in [3.8, 4) is 0 Å². The number of pyridine rings is 1. The molecule has 3 rings (SSSR count). The van der Waals surface area contributed by atoms with Gasteiger partial charge in [-0.05, 0) is 64.2 Å². The standard InChI is InChI=1S/C18H29N7.2ClH.V/c1-14-12-17(15(2)20-22-24-8-4-5-9-24)19-18(13-14)16(3)21-23-25-10-6-7-11-25;;;/h12-13,22-23H,4-11H2,1-3H3;2*1H;/q;;;+2/p-2. The smallest absolute Gasteiger partial charge is 1.00 e. The topological polar surface area (TPSA) is 68.2 Å². The molecule has 1 radical (unpaired) electrons. The molecule has 3 heterocycles. The van der Waals surface area contributed by atoms with E-state index < -0.39 is 0 Å². The molecular weight excluding hydrogens is 436 g/mol. The summed E-state index contributed by atoms with van der Waals surface area (Å²) in [6.07, 6.45) is 4.92. The molecule has 0 saturated carbocycles. The minimum atomic E-state index is 0. The minimum absolute atomic E-state index is 0. The Balaban J connectivity index is 0.00000243. The second-order valence-electron chi connectivity index (χ2n) is 6.90. The van der Waals surface area contributed by atoms with Crippen LogP contribution >= 0.6 is 0 Å². The van der Waals surface area contributed by atoms with Crippen molar-refractivity contribution in [2.24, 2.45) is 10.2 Å². The van der Waals surface area contributed by atoms with Gasteiger partial charge in [-0.25, -0.2) is 26.1 Å². The van der Waals surface area contributed by atoms with E-state index in [1.165, 1.54) is 25.7 Å². The third-order valence-corrected chi connectivity index (χ3v) is 4.64. The second kappa shape index (κ2) is 13.4. The third-order valence-electron chi connectivity index (χ3n) is 4.64. The fourth-order valence-electron chi connectivity index (χ4n) is 3.08. The maximum Gasteiger partial charge on any atom is 2.00 e. The van der Waals surface area contributed by atoms with Gasteiger partial charge in [0.2, 0.25) is 0 Å². The fourth-order valence-corrected chi connectivity index (χ4v) is 3.08. The first-order chi connectivity index (χ1) is 12.1. The molecule has 0 aromatic carbocycles. The van der Waals surface area contributed by atoms with E-state index in [0.717, 1.165) is 54.6 Å². The Labute approximate surface area is 192 Å². The van der Waals surface area contributed by atoms with Crippen LogP contribution in [-0.2, 0) is 18.6 Å². The van der Waals surface area contributed by atoms with Gasteiger partial charge < -0.3 is 24.8 Å². The Kier molecular flexibility index (Phi) is 13.0. The van der Waals surface area contributed by atoms with Crippen LogP contribution in [0.4, 0.5) is 0 Å². The van der Waals surface area contributed by atoms with Crippen molar-refractivity contribution in [1.29, 1.82) is 0 Å². The van der Waals surface area contributed by atoms with Crippen LogP contribution in [0.15, 0.2) is 22.3 Å². The Bertz CT molecular complexity index is 605. The number of hydrogen-bond donors (Lipinski definition) is 2. The molecule has 0 aliphatic carbocycles. The summed E-state index contributed by atoms with van der Waals surface area (Å²) in [6.45, 7) is 10.3. The van der Waals surface area contributed by atoms with Crippen molar-refractivity contribution in [3.63, 3.8) is 0 Å².